The van der Waals surface area contributed by atoms with Gasteiger partial charge in [0.05, 0.1) is 11.9 Å². The molecule has 1 heterocycles. The quantitative estimate of drug-likeness (QED) is 0.825. The lowest BCUT2D eigenvalue weighted by atomic mass is 10.2. The third-order valence-corrected chi connectivity index (χ3v) is 4.80. The van der Waals surface area contributed by atoms with Crippen molar-refractivity contribution < 1.29 is 13.2 Å². The summed E-state index contributed by atoms with van der Waals surface area (Å²) < 4.78 is 25.4. The van der Waals surface area contributed by atoms with E-state index in [1.165, 1.54) is 0 Å². The molecule has 0 aliphatic heterocycles. The van der Waals surface area contributed by atoms with Gasteiger partial charge in [0.1, 0.15) is 6.04 Å². The molecule has 0 bridgehead atoms. The maximum atomic E-state index is 12.4. The average molecular weight is 347 g/mol. The van der Waals surface area contributed by atoms with E-state index in [-0.39, 0.29) is 5.91 Å². The van der Waals surface area contributed by atoms with Gasteiger partial charge in [0.15, 0.2) is 0 Å². The molecule has 1 atom stereocenters. The van der Waals surface area contributed by atoms with Crippen LogP contribution in [0.3, 0.4) is 0 Å². The Morgan fingerprint density at radius 1 is 1.17 bits per heavy atom. The second kappa shape index (κ2) is 7.92. The minimum atomic E-state index is -3.58. The number of sulfonamides is 1. The number of nitrogens with one attached hydrogen (secondary N) is 1. The highest BCUT2D eigenvalue weighted by atomic mass is 32.2. The first-order valence-corrected chi connectivity index (χ1v) is 9.45. The number of nitrogens with zero attached hydrogens (tertiary/aromatic N) is 2. The molecule has 1 aromatic heterocycles. The highest BCUT2D eigenvalue weighted by Gasteiger charge is 2.28. The standard InChI is InChI=1S/C17H21N3O3S/c1-14(17(21)19-13-10-15-8-11-18-12-9-15)20(24(2,22)23)16-6-4-3-5-7-16/h3-9,11-12,14H,10,13H2,1-2H3,(H,19,21)/t14-/m0/s1. The van der Waals surface area contributed by atoms with Crippen LogP contribution in [-0.2, 0) is 21.2 Å². The summed E-state index contributed by atoms with van der Waals surface area (Å²) in [6, 6.07) is 11.5. The maximum absolute atomic E-state index is 12.4. The summed E-state index contributed by atoms with van der Waals surface area (Å²) in [6.07, 6.45) is 5.15. The number of carbonyl (C=O) groups excluding carboxylic acids is 1. The van der Waals surface area contributed by atoms with E-state index in [4.69, 9.17) is 0 Å². The van der Waals surface area contributed by atoms with Crippen molar-refractivity contribution in [1.82, 2.24) is 10.3 Å². The Balaban J connectivity index is 2.04. The molecule has 0 radical (unpaired) electrons. The number of carbonyl (C=O) groups is 1. The lowest BCUT2D eigenvalue weighted by Crippen LogP contribution is -2.48. The lowest BCUT2D eigenvalue weighted by Gasteiger charge is -2.28. The van der Waals surface area contributed by atoms with Crippen molar-refractivity contribution in [2.75, 3.05) is 17.1 Å². The van der Waals surface area contributed by atoms with E-state index < -0.39 is 16.1 Å². The van der Waals surface area contributed by atoms with Crippen LogP contribution in [-0.4, -0.2) is 38.2 Å². The van der Waals surface area contributed by atoms with Crippen LogP contribution in [0, 0.1) is 0 Å². The molecule has 7 heteroatoms. The van der Waals surface area contributed by atoms with Gasteiger partial charge in [0.25, 0.3) is 0 Å². The molecule has 1 amide bonds. The Morgan fingerprint density at radius 3 is 2.38 bits per heavy atom. The van der Waals surface area contributed by atoms with Gasteiger partial charge in [0.2, 0.25) is 15.9 Å². The molecule has 0 fully saturated rings. The second-order valence-electron chi connectivity index (χ2n) is 5.47. The topological polar surface area (TPSA) is 79.4 Å². The van der Waals surface area contributed by atoms with Crippen LogP contribution in [0.25, 0.3) is 0 Å². The molecule has 2 aromatic rings. The number of rotatable bonds is 7. The first-order chi connectivity index (χ1) is 11.4. The summed E-state index contributed by atoms with van der Waals surface area (Å²) in [4.78, 5) is 16.3. The number of anilines is 1. The van der Waals surface area contributed by atoms with Crippen molar-refractivity contribution in [2.45, 2.75) is 19.4 Å². The van der Waals surface area contributed by atoms with Crippen LogP contribution >= 0.6 is 0 Å². The number of hydrogen-bond donors (Lipinski definition) is 1. The third kappa shape index (κ3) is 4.79. The normalized spacial score (nSPS) is 12.4. The Labute approximate surface area is 142 Å². The van der Waals surface area contributed by atoms with Crippen LogP contribution in [0.2, 0.25) is 0 Å². The van der Waals surface area contributed by atoms with Crippen molar-refractivity contribution in [3.05, 3.63) is 60.4 Å². The highest BCUT2D eigenvalue weighted by molar-refractivity contribution is 7.92. The molecule has 1 aromatic carbocycles. The van der Waals surface area contributed by atoms with Crippen LogP contribution < -0.4 is 9.62 Å². The molecule has 0 saturated carbocycles. The zero-order chi connectivity index (χ0) is 17.6. The van der Waals surface area contributed by atoms with E-state index in [2.05, 4.69) is 10.3 Å². The summed E-state index contributed by atoms with van der Waals surface area (Å²) in [5.41, 5.74) is 1.53. The molecule has 0 saturated heterocycles. The molecule has 0 aliphatic rings. The molecule has 6 nitrogen and oxygen atoms in total. The predicted molar refractivity (Wildman–Crippen MR) is 94.2 cm³/mol. The van der Waals surface area contributed by atoms with Crippen molar-refractivity contribution in [3.63, 3.8) is 0 Å². The van der Waals surface area contributed by atoms with Gasteiger partial charge in [-0.25, -0.2) is 8.42 Å². The van der Waals surface area contributed by atoms with Crippen molar-refractivity contribution >= 4 is 21.6 Å². The molecular weight excluding hydrogens is 326 g/mol. The highest BCUT2D eigenvalue weighted by Crippen LogP contribution is 2.20. The van der Waals surface area contributed by atoms with Crippen LogP contribution in [0.5, 0.6) is 0 Å². The largest absolute Gasteiger partial charge is 0.354 e. The van der Waals surface area contributed by atoms with E-state index >= 15 is 0 Å². The molecule has 0 unspecified atom stereocenters. The van der Waals surface area contributed by atoms with Crippen LogP contribution in [0.1, 0.15) is 12.5 Å². The van der Waals surface area contributed by atoms with E-state index in [0.717, 1.165) is 16.1 Å². The first kappa shape index (κ1) is 17.9. The number of benzene rings is 1. The number of para-hydroxylation sites is 1. The molecule has 128 valence electrons. The van der Waals surface area contributed by atoms with Gasteiger partial charge in [-0.3, -0.25) is 14.1 Å². The number of hydrogen-bond acceptors (Lipinski definition) is 4. The van der Waals surface area contributed by atoms with Crippen LogP contribution in [0.15, 0.2) is 54.9 Å². The molecule has 1 N–H and O–H groups in total. The van der Waals surface area contributed by atoms with E-state index in [1.54, 1.807) is 49.6 Å². The molecular formula is C17H21N3O3S. The monoisotopic (exact) mass is 347 g/mol. The van der Waals surface area contributed by atoms with Crippen molar-refractivity contribution in [3.8, 4) is 0 Å². The van der Waals surface area contributed by atoms with Crippen molar-refractivity contribution in [2.24, 2.45) is 0 Å². The minimum absolute atomic E-state index is 0.335. The maximum Gasteiger partial charge on any atom is 0.243 e. The minimum Gasteiger partial charge on any atom is -0.354 e. The molecule has 0 spiro atoms. The predicted octanol–water partition coefficient (Wildman–Crippen LogP) is 1.59. The zero-order valence-corrected chi connectivity index (χ0v) is 14.5. The van der Waals surface area contributed by atoms with Gasteiger partial charge in [0, 0.05) is 18.9 Å². The summed E-state index contributed by atoms with van der Waals surface area (Å²) in [5.74, 6) is -0.335. The Hall–Kier alpha value is -2.41. The van der Waals surface area contributed by atoms with Crippen molar-refractivity contribution in [1.29, 1.82) is 0 Å². The number of amides is 1. The Bertz CT molecular complexity index is 764. The molecule has 24 heavy (non-hydrogen) atoms. The third-order valence-electron chi connectivity index (χ3n) is 3.56. The van der Waals surface area contributed by atoms with E-state index in [0.29, 0.717) is 18.7 Å². The van der Waals surface area contributed by atoms with Gasteiger partial charge >= 0.3 is 0 Å². The van der Waals surface area contributed by atoms with E-state index in [9.17, 15) is 13.2 Å². The van der Waals surface area contributed by atoms with Gasteiger partial charge in [-0.05, 0) is 43.2 Å². The first-order valence-electron chi connectivity index (χ1n) is 7.60. The summed E-state index contributed by atoms with van der Waals surface area (Å²) >= 11 is 0. The van der Waals surface area contributed by atoms with Gasteiger partial charge in [-0.1, -0.05) is 18.2 Å². The van der Waals surface area contributed by atoms with E-state index in [1.807, 2.05) is 12.1 Å². The molecule has 2 rings (SSSR count). The summed E-state index contributed by atoms with van der Waals surface area (Å²) in [5, 5.41) is 2.79. The fourth-order valence-corrected chi connectivity index (χ4v) is 3.59. The average Bonchev–Trinajstić information content (AvgIpc) is 2.55. The summed E-state index contributed by atoms with van der Waals surface area (Å²) in [6.45, 7) is 2.01. The summed E-state index contributed by atoms with van der Waals surface area (Å²) in [7, 11) is -3.58. The molecule has 0 aliphatic carbocycles. The Morgan fingerprint density at radius 2 is 1.79 bits per heavy atom. The number of aromatic nitrogens is 1. The Kier molecular flexibility index (Phi) is 5.92. The number of pyridine rings is 1. The van der Waals surface area contributed by atoms with Crippen LogP contribution in [0.4, 0.5) is 5.69 Å². The van der Waals surface area contributed by atoms with Gasteiger partial charge in [-0.15, -0.1) is 0 Å². The zero-order valence-electron chi connectivity index (χ0n) is 13.7. The fourth-order valence-electron chi connectivity index (χ4n) is 2.41. The lowest BCUT2D eigenvalue weighted by molar-refractivity contribution is -0.121. The second-order valence-corrected chi connectivity index (χ2v) is 7.33. The smallest absolute Gasteiger partial charge is 0.243 e. The van der Waals surface area contributed by atoms with Gasteiger partial charge < -0.3 is 5.32 Å². The SMILES string of the molecule is C[C@@H](C(=O)NCCc1ccncc1)N(c1ccccc1)S(C)(=O)=O. The van der Waals surface area contributed by atoms with Gasteiger partial charge in [-0.2, -0.15) is 0 Å². The fraction of sp³-hybridized carbons (Fsp3) is 0.294.